The van der Waals surface area contributed by atoms with Crippen LogP contribution in [0.1, 0.15) is 24.8 Å². The molecule has 0 amide bonds. The van der Waals surface area contributed by atoms with Gasteiger partial charge in [-0.15, -0.1) is 0 Å². The molecule has 19 heavy (non-hydrogen) atoms. The molecular weight excluding hydrogens is 238 g/mol. The van der Waals surface area contributed by atoms with Crippen molar-refractivity contribution in [3.05, 3.63) is 23.8 Å². The fraction of sp³-hybridized carbons (Fsp3) is 0.533. The number of benzene rings is 1. The summed E-state index contributed by atoms with van der Waals surface area (Å²) >= 11 is 0. The van der Waals surface area contributed by atoms with Crippen molar-refractivity contribution in [2.45, 2.75) is 26.2 Å². The van der Waals surface area contributed by atoms with Gasteiger partial charge < -0.3 is 10.1 Å². The van der Waals surface area contributed by atoms with Crippen LogP contribution in [0.2, 0.25) is 0 Å². The van der Waals surface area contributed by atoms with Crippen LogP contribution in [0.15, 0.2) is 23.3 Å². The van der Waals surface area contributed by atoms with Crippen molar-refractivity contribution in [3.8, 4) is 5.75 Å². The molecule has 102 valence electrons. The van der Waals surface area contributed by atoms with Gasteiger partial charge in [-0.2, -0.15) is 5.10 Å². The van der Waals surface area contributed by atoms with E-state index < -0.39 is 0 Å². The van der Waals surface area contributed by atoms with Crippen molar-refractivity contribution in [3.63, 3.8) is 0 Å². The summed E-state index contributed by atoms with van der Waals surface area (Å²) in [5.41, 5.74) is 3.64. The third-order valence-corrected chi connectivity index (χ3v) is 3.61. The summed E-state index contributed by atoms with van der Waals surface area (Å²) in [5, 5.41) is 10.4. The van der Waals surface area contributed by atoms with E-state index >= 15 is 0 Å². The van der Waals surface area contributed by atoms with Gasteiger partial charge in [-0.25, -0.2) is 0 Å². The number of piperidine rings is 1. The van der Waals surface area contributed by atoms with Crippen molar-refractivity contribution < 1.29 is 4.74 Å². The van der Waals surface area contributed by atoms with Crippen molar-refractivity contribution in [1.82, 2.24) is 5.32 Å². The zero-order valence-electron chi connectivity index (χ0n) is 11.5. The number of nitrogens with zero attached hydrogens (tertiary/aromatic N) is 2. The third kappa shape index (κ3) is 2.89. The number of hydrogen-bond donors (Lipinski definition) is 1. The van der Waals surface area contributed by atoms with Gasteiger partial charge >= 0.3 is 0 Å². The standard InChI is InChI=1S/C15H21N3O/c1-12-3-4-14-15(11-12)19-10-2-9-18(14)17-13-5-7-16-8-6-13/h3-4,11,16H,2,5-10H2,1H3. The van der Waals surface area contributed by atoms with Gasteiger partial charge in [0.15, 0.2) is 0 Å². The largest absolute Gasteiger partial charge is 0.491 e. The van der Waals surface area contributed by atoms with E-state index in [1.54, 1.807) is 0 Å². The van der Waals surface area contributed by atoms with Crippen LogP contribution in [0.5, 0.6) is 5.75 Å². The minimum Gasteiger partial charge on any atom is -0.491 e. The number of fused-ring (bicyclic) bond motifs is 1. The maximum absolute atomic E-state index is 5.83. The summed E-state index contributed by atoms with van der Waals surface area (Å²) < 4.78 is 5.83. The molecule has 0 atom stereocenters. The van der Waals surface area contributed by atoms with E-state index in [1.807, 2.05) is 0 Å². The third-order valence-electron chi connectivity index (χ3n) is 3.61. The summed E-state index contributed by atoms with van der Waals surface area (Å²) in [6.07, 6.45) is 3.12. The monoisotopic (exact) mass is 259 g/mol. The molecule has 3 rings (SSSR count). The normalized spacial score (nSPS) is 19.4. The number of hydrogen-bond acceptors (Lipinski definition) is 4. The predicted octanol–water partition coefficient (Wildman–Crippen LogP) is 2.32. The summed E-state index contributed by atoms with van der Waals surface area (Å²) in [5.74, 6) is 0.968. The fourth-order valence-corrected chi connectivity index (χ4v) is 2.56. The summed E-state index contributed by atoms with van der Waals surface area (Å²) in [6, 6.07) is 6.36. The van der Waals surface area contributed by atoms with E-state index in [2.05, 4.69) is 35.4 Å². The molecule has 1 N–H and O–H groups in total. The molecule has 0 aromatic heterocycles. The molecule has 4 nitrogen and oxygen atoms in total. The quantitative estimate of drug-likeness (QED) is 0.841. The number of hydrazone groups is 1. The van der Waals surface area contributed by atoms with Crippen LogP contribution in [-0.2, 0) is 0 Å². The SMILES string of the molecule is Cc1ccc2c(c1)OCCCN2N=C1CCNCC1. The Morgan fingerprint density at radius 1 is 1.26 bits per heavy atom. The molecule has 0 radical (unpaired) electrons. The summed E-state index contributed by atoms with van der Waals surface area (Å²) in [7, 11) is 0. The lowest BCUT2D eigenvalue weighted by Crippen LogP contribution is -2.30. The smallest absolute Gasteiger partial charge is 0.144 e. The van der Waals surface area contributed by atoms with Crippen LogP contribution in [0.25, 0.3) is 0 Å². The zero-order chi connectivity index (χ0) is 13.1. The Kier molecular flexibility index (Phi) is 3.69. The van der Waals surface area contributed by atoms with Crippen molar-refractivity contribution >= 4 is 11.4 Å². The highest BCUT2D eigenvalue weighted by Gasteiger charge is 2.17. The number of anilines is 1. The van der Waals surface area contributed by atoms with Gasteiger partial charge in [0.2, 0.25) is 0 Å². The Hall–Kier alpha value is -1.55. The van der Waals surface area contributed by atoms with Crippen LogP contribution in [0.4, 0.5) is 5.69 Å². The second-order valence-electron chi connectivity index (χ2n) is 5.21. The van der Waals surface area contributed by atoms with Gasteiger partial charge in [0.25, 0.3) is 0 Å². The van der Waals surface area contributed by atoms with Crippen LogP contribution in [-0.4, -0.2) is 32.0 Å². The minimum absolute atomic E-state index is 0.777. The van der Waals surface area contributed by atoms with Crippen molar-refractivity contribution in [2.75, 3.05) is 31.3 Å². The highest BCUT2D eigenvalue weighted by molar-refractivity contribution is 5.86. The van der Waals surface area contributed by atoms with Gasteiger partial charge in [0.05, 0.1) is 6.61 Å². The molecule has 2 heterocycles. The molecule has 0 unspecified atom stereocenters. The van der Waals surface area contributed by atoms with E-state index in [9.17, 15) is 0 Å². The maximum atomic E-state index is 5.83. The Labute approximate surface area is 114 Å². The molecule has 0 aliphatic carbocycles. The van der Waals surface area contributed by atoms with Gasteiger partial charge in [0.1, 0.15) is 11.4 Å². The van der Waals surface area contributed by atoms with Crippen molar-refractivity contribution in [2.24, 2.45) is 5.10 Å². The van der Waals surface area contributed by atoms with Gasteiger partial charge in [-0.1, -0.05) is 6.07 Å². The van der Waals surface area contributed by atoms with E-state index in [0.717, 1.165) is 56.9 Å². The van der Waals surface area contributed by atoms with Gasteiger partial charge in [-0.05, 0) is 24.6 Å². The minimum atomic E-state index is 0.777. The molecule has 1 aromatic rings. The van der Waals surface area contributed by atoms with Gasteiger partial charge in [0, 0.05) is 44.6 Å². The first-order valence-electron chi connectivity index (χ1n) is 7.11. The predicted molar refractivity (Wildman–Crippen MR) is 78.2 cm³/mol. The number of aryl methyl sites for hydroxylation is 1. The number of nitrogens with one attached hydrogen (secondary N) is 1. The van der Waals surface area contributed by atoms with Crippen LogP contribution in [0.3, 0.4) is 0 Å². The Morgan fingerprint density at radius 2 is 2.11 bits per heavy atom. The topological polar surface area (TPSA) is 36.9 Å². The Morgan fingerprint density at radius 3 is 2.95 bits per heavy atom. The molecule has 4 heteroatoms. The Balaban J connectivity index is 1.89. The van der Waals surface area contributed by atoms with Crippen LogP contribution < -0.4 is 15.1 Å². The van der Waals surface area contributed by atoms with E-state index in [-0.39, 0.29) is 0 Å². The zero-order valence-corrected chi connectivity index (χ0v) is 11.5. The van der Waals surface area contributed by atoms with E-state index in [0.29, 0.717) is 0 Å². The molecule has 1 saturated heterocycles. The van der Waals surface area contributed by atoms with Crippen LogP contribution >= 0.6 is 0 Å². The van der Waals surface area contributed by atoms with Crippen molar-refractivity contribution in [1.29, 1.82) is 0 Å². The number of rotatable bonds is 1. The fourth-order valence-electron chi connectivity index (χ4n) is 2.56. The first-order chi connectivity index (χ1) is 9.33. The molecule has 0 spiro atoms. The number of ether oxygens (including phenoxy) is 1. The molecule has 0 saturated carbocycles. The van der Waals surface area contributed by atoms with E-state index in [1.165, 1.54) is 11.3 Å². The first-order valence-corrected chi connectivity index (χ1v) is 7.11. The molecule has 0 bridgehead atoms. The van der Waals surface area contributed by atoms with Crippen LogP contribution in [0, 0.1) is 6.92 Å². The van der Waals surface area contributed by atoms with E-state index in [4.69, 9.17) is 9.84 Å². The lowest BCUT2D eigenvalue weighted by Gasteiger charge is -2.22. The highest BCUT2D eigenvalue weighted by Crippen LogP contribution is 2.32. The highest BCUT2D eigenvalue weighted by atomic mass is 16.5. The maximum Gasteiger partial charge on any atom is 0.144 e. The lowest BCUT2D eigenvalue weighted by molar-refractivity contribution is 0.322. The molecule has 1 aromatic carbocycles. The summed E-state index contributed by atoms with van der Waals surface area (Å²) in [6.45, 7) is 5.90. The second-order valence-corrected chi connectivity index (χ2v) is 5.21. The molecule has 1 fully saturated rings. The average molecular weight is 259 g/mol. The molecular formula is C15H21N3O. The first kappa shape index (κ1) is 12.5. The second kappa shape index (κ2) is 5.61. The molecule has 2 aliphatic heterocycles. The summed E-state index contributed by atoms with van der Waals surface area (Å²) in [4.78, 5) is 0. The average Bonchev–Trinajstić information content (AvgIpc) is 2.62. The Bertz CT molecular complexity index is 476. The lowest BCUT2D eigenvalue weighted by atomic mass is 10.1. The molecule has 2 aliphatic rings. The van der Waals surface area contributed by atoms with Gasteiger partial charge in [-0.3, -0.25) is 5.01 Å².